The number of benzene rings is 3. The van der Waals surface area contributed by atoms with E-state index in [0.717, 1.165) is 0 Å². The van der Waals surface area contributed by atoms with Gasteiger partial charge in [-0.2, -0.15) is 0 Å². The van der Waals surface area contributed by atoms with Crippen molar-refractivity contribution in [3.8, 4) is 0 Å². The maximum absolute atomic E-state index is 2.33. The van der Waals surface area contributed by atoms with E-state index < -0.39 is 8.07 Å². The summed E-state index contributed by atoms with van der Waals surface area (Å²) in [5.74, 6) is 0. The standard InChI is InChI=1S/C20H20SiTe/c22-17-16-21(18-10-4-1-5-11-18,19-12-6-2-7-13-19)20-14-8-3-9-15-20/h1-15,22H,16-17H2. The summed E-state index contributed by atoms with van der Waals surface area (Å²) in [6.45, 7) is 0. The molecule has 3 aromatic carbocycles. The normalized spacial score (nSPS) is 11.3. The summed E-state index contributed by atoms with van der Waals surface area (Å²) in [6.07, 6.45) is 0. The molecule has 22 heavy (non-hydrogen) atoms. The van der Waals surface area contributed by atoms with Gasteiger partial charge in [0.05, 0.1) is 0 Å². The van der Waals surface area contributed by atoms with E-state index in [2.05, 4.69) is 91.0 Å². The fourth-order valence-corrected chi connectivity index (χ4v) is 10.6. The third-order valence-corrected chi connectivity index (χ3v) is 11.1. The van der Waals surface area contributed by atoms with Crippen molar-refractivity contribution in [3.63, 3.8) is 0 Å². The van der Waals surface area contributed by atoms with Gasteiger partial charge in [-0.1, -0.05) is 0 Å². The van der Waals surface area contributed by atoms with Gasteiger partial charge in [0.2, 0.25) is 0 Å². The van der Waals surface area contributed by atoms with E-state index in [4.69, 9.17) is 0 Å². The summed E-state index contributed by atoms with van der Waals surface area (Å²) in [5.41, 5.74) is 0. The van der Waals surface area contributed by atoms with E-state index in [0.29, 0.717) is 0 Å². The summed E-state index contributed by atoms with van der Waals surface area (Å²) < 4.78 is 1.25. The number of rotatable bonds is 5. The molecule has 0 aliphatic carbocycles. The predicted octanol–water partition coefficient (Wildman–Crippen LogP) is 2.48. The Kier molecular flexibility index (Phi) is 5.15. The van der Waals surface area contributed by atoms with Crippen LogP contribution in [-0.2, 0) is 0 Å². The Morgan fingerprint density at radius 1 is 0.545 bits per heavy atom. The molecule has 0 saturated heterocycles. The van der Waals surface area contributed by atoms with Crippen LogP contribution in [-0.4, -0.2) is 30.4 Å². The van der Waals surface area contributed by atoms with Crippen LogP contribution in [0.1, 0.15) is 0 Å². The fraction of sp³-hybridized carbons (Fsp3) is 0.100. The van der Waals surface area contributed by atoms with Gasteiger partial charge in [0, 0.05) is 0 Å². The number of hydrogen-bond donors (Lipinski definition) is 0. The molecule has 0 nitrogen and oxygen atoms in total. The van der Waals surface area contributed by atoms with E-state index in [1.54, 1.807) is 0 Å². The molecule has 0 radical (unpaired) electrons. The fourth-order valence-electron chi connectivity index (χ4n) is 3.27. The second-order valence-electron chi connectivity index (χ2n) is 5.48. The van der Waals surface area contributed by atoms with Crippen molar-refractivity contribution in [2.45, 2.75) is 10.5 Å². The molecule has 0 amide bonds. The molecule has 0 spiro atoms. The summed E-state index contributed by atoms with van der Waals surface area (Å²) in [7, 11) is -1.91. The van der Waals surface area contributed by atoms with Gasteiger partial charge >= 0.3 is 147 Å². The van der Waals surface area contributed by atoms with Crippen LogP contribution in [0.15, 0.2) is 91.0 Å². The quantitative estimate of drug-likeness (QED) is 0.443. The van der Waals surface area contributed by atoms with Gasteiger partial charge in [0.25, 0.3) is 0 Å². The van der Waals surface area contributed by atoms with E-state index in [-0.39, 0.29) is 0 Å². The molecular weight excluding hydrogens is 396 g/mol. The molecule has 0 unspecified atom stereocenters. The van der Waals surface area contributed by atoms with Crippen LogP contribution in [0.3, 0.4) is 0 Å². The Labute approximate surface area is 147 Å². The Hall–Kier alpha value is -1.33. The van der Waals surface area contributed by atoms with Crippen LogP contribution in [0.2, 0.25) is 10.5 Å². The van der Waals surface area contributed by atoms with Crippen LogP contribution in [0.25, 0.3) is 0 Å². The van der Waals surface area contributed by atoms with Gasteiger partial charge in [-0.05, 0) is 0 Å². The second-order valence-corrected chi connectivity index (χ2v) is 10.8. The van der Waals surface area contributed by atoms with Crippen LogP contribution in [0.5, 0.6) is 0 Å². The molecule has 3 aromatic rings. The zero-order valence-electron chi connectivity index (χ0n) is 12.5. The molecule has 0 heterocycles. The van der Waals surface area contributed by atoms with E-state index in [1.807, 2.05) is 22.3 Å². The Bertz CT molecular complexity index is 599. The summed E-state index contributed by atoms with van der Waals surface area (Å²) in [4.78, 5) is 0. The average Bonchev–Trinajstić information content (AvgIpc) is 2.62. The van der Waals surface area contributed by atoms with Gasteiger partial charge in [-0.15, -0.1) is 0 Å². The van der Waals surface area contributed by atoms with Crippen LogP contribution >= 0.6 is 0 Å². The second kappa shape index (κ2) is 7.29. The Morgan fingerprint density at radius 2 is 0.864 bits per heavy atom. The molecule has 0 aliphatic rings. The van der Waals surface area contributed by atoms with E-state index in [9.17, 15) is 0 Å². The van der Waals surface area contributed by atoms with Crippen molar-refractivity contribution in [2.24, 2.45) is 0 Å². The Morgan fingerprint density at radius 3 is 1.14 bits per heavy atom. The molecule has 3 rings (SSSR count). The van der Waals surface area contributed by atoms with Crippen LogP contribution in [0, 0.1) is 0 Å². The zero-order chi connectivity index (χ0) is 15.3. The zero-order valence-corrected chi connectivity index (χ0v) is 16.1. The topological polar surface area (TPSA) is 0 Å². The summed E-state index contributed by atoms with van der Waals surface area (Å²) >= 11 is 1.93. The molecule has 0 bridgehead atoms. The molecule has 0 atom stereocenters. The van der Waals surface area contributed by atoms with Gasteiger partial charge < -0.3 is 0 Å². The predicted molar refractivity (Wildman–Crippen MR) is 101 cm³/mol. The SMILES string of the molecule is [TeH]CC[Si](c1ccccc1)(c1ccccc1)c1ccccc1. The monoisotopic (exact) mass is 418 g/mol. The van der Waals surface area contributed by atoms with Gasteiger partial charge in [-0.3, -0.25) is 0 Å². The first kappa shape index (κ1) is 15.6. The third kappa shape index (κ3) is 2.92. The van der Waals surface area contributed by atoms with Gasteiger partial charge in [0.15, 0.2) is 0 Å². The summed E-state index contributed by atoms with van der Waals surface area (Å²) in [6, 6.07) is 34.7. The molecule has 0 aromatic heterocycles. The molecule has 0 fully saturated rings. The molecule has 0 N–H and O–H groups in total. The van der Waals surface area contributed by atoms with Gasteiger partial charge in [0.1, 0.15) is 0 Å². The average molecular weight is 416 g/mol. The maximum atomic E-state index is 2.33. The van der Waals surface area contributed by atoms with E-state index >= 15 is 0 Å². The third-order valence-electron chi connectivity index (χ3n) is 4.29. The Balaban J connectivity index is 2.29. The van der Waals surface area contributed by atoms with Crippen molar-refractivity contribution in [3.05, 3.63) is 91.0 Å². The van der Waals surface area contributed by atoms with Crippen LogP contribution in [0.4, 0.5) is 0 Å². The van der Waals surface area contributed by atoms with Crippen molar-refractivity contribution < 1.29 is 0 Å². The first-order valence-electron chi connectivity index (χ1n) is 7.65. The van der Waals surface area contributed by atoms with Crippen molar-refractivity contribution in [2.75, 3.05) is 0 Å². The van der Waals surface area contributed by atoms with Crippen molar-refractivity contribution >= 4 is 45.9 Å². The van der Waals surface area contributed by atoms with E-state index in [1.165, 1.54) is 26.1 Å². The molecule has 2 heteroatoms. The number of hydrogen-bond acceptors (Lipinski definition) is 0. The minimum atomic E-state index is -1.91. The molecule has 0 saturated carbocycles. The van der Waals surface area contributed by atoms with Crippen molar-refractivity contribution in [1.29, 1.82) is 0 Å². The first-order valence-corrected chi connectivity index (χ1v) is 11.7. The van der Waals surface area contributed by atoms with Gasteiger partial charge in [-0.25, -0.2) is 0 Å². The molecular formula is C20H20SiTe. The first-order chi connectivity index (χ1) is 10.9. The minimum absolute atomic E-state index is 1.25. The molecule has 110 valence electrons. The van der Waals surface area contributed by atoms with Crippen LogP contribution < -0.4 is 15.6 Å². The molecule has 0 aliphatic heterocycles. The van der Waals surface area contributed by atoms with Crippen molar-refractivity contribution in [1.82, 2.24) is 0 Å². The summed E-state index contributed by atoms with van der Waals surface area (Å²) in [5, 5.41) is 4.55.